The molecule has 1 aliphatic heterocycles. The summed E-state index contributed by atoms with van der Waals surface area (Å²) in [5, 5.41) is 15.2. The Morgan fingerprint density at radius 1 is 1.35 bits per heavy atom. The van der Waals surface area contributed by atoms with E-state index in [9.17, 15) is 14.7 Å². The van der Waals surface area contributed by atoms with E-state index in [4.69, 9.17) is 0 Å². The van der Waals surface area contributed by atoms with Crippen LogP contribution < -0.4 is 10.6 Å². The molecule has 0 aromatic carbocycles. The van der Waals surface area contributed by atoms with E-state index in [0.717, 1.165) is 32.2 Å². The summed E-state index contributed by atoms with van der Waals surface area (Å²) >= 11 is 0. The summed E-state index contributed by atoms with van der Waals surface area (Å²) in [6, 6.07) is 0. The van der Waals surface area contributed by atoms with E-state index in [1.54, 1.807) is 6.92 Å². The highest BCUT2D eigenvalue weighted by Crippen LogP contribution is 2.39. The van der Waals surface area contributed by atoms with Crippen LogP contribution >= 0.6 is 0 Å². The first-order valence-electron chi connectivity index (χ1n) is 6.30. The van der Waals surface area contributed by atoms with E-state index in [1.807, 2.05) is 0 Å². The van der Waals surface area contributed by atoms with Crippen LogP contribution in [0.15, 0.2) is 0 Å². The van der Waals surface area contributed by atoms with Crippen molar-refractivity contribution in [2.24, 2.45) is 11.8 Å². The maximum absolute atomic E-state index is 12.0. The third-order valence-corrected chi connectivity index (χ3v) is 3.89. The molecule has 2 aliphatic rings. The molecule has 0 aromatic heterocycles. The second kappa shape index (κ2) is 4.64. The van der Waals surface area contributed by atoms with E-state index < -0.39 is 11.5 Å². The monoisotopic (exact) mass is 240 g/mol. The Labute approximate surface area is 101 Å². The Kier molecular flexibility index (Phi) is 3.38. The van der Waals surface area contributed by atoms with Gasteiger partial charge in [0.1, 0.15) is 5.54 Å². The van der Waals surface area contributed by atoms with Gasteiger partial charge in [-0.2, -0.15) is 0 Å². The fraction of sp³-hybridized carbons (Fsp3) is 0.833. The Bertz CT molecular complexity index is 322. The molecule has 1 saturated heterocycles. The lowest BCUT2D eigenvalue weighted by molar-refractivity contribution is -0.148. The number of amides is 1. The number of hydrogen-bond donors (Lipinski definition) is 3. The van der Waals surface area contributed by atoms with Crippen LogP contribution in [0.3, 0.4) is 0 Å². The van der Waals surface area contributed by atoms with Gasteiger partial charge >= 0.3 is 5.97 Å². The van der Waals surface area contributed by atoms with Crippen molar-refractivity contribution in [2.75, 3.05) is 13.1 Å². The zero-order valence-corrected chi connectivity index (χ0v) is 10.2. The van der Waals surface area contributed by atoms with Gasteiger partial charge in [-0.25, -0.2) is 4.79 Å². The van der Waals surface area contributed by atoms with Gasteiger partial charge in [0, 0.05) is 6.54 Å². The number of carbonyl (C=O) groups excluding carboxylic acids is 1. The highest BCUT2D eigenvalue weighted by atomic mass is 16.4. The zero-order chi connectivity index (χ0) is 12.5. The molecule has 2 unspecified atom stereocenters. The number of nitrogens with one attached hydrogen (secondary N) is 2. The Morgan fingerprint density at radius 2 is 2.06 bits per heavy atom. The van der Waals surface area contributed by atoms with Crippen molar-refractivity contribution < 1.29 is 14.7 Å². The van der Waals surface area contributed by atoms with Crippen LogP contribution in [0, 0.1) is 11.8 Å². The highest BCUT2D eigenvalue weighted by Gasteiger charge is 2.49. The number of piperidine rings is 1. The lowest BCUT2D eigenvalue weighted by Gasteiger charge is -2.30. The van der Waals surface area contributed by atoms with Gasteiger partial charge in [0.2, 0.25) is 5.91 Å². The van der Waals surface area contributed by atoms with Gasteiger partial charge in [0.15, 0.2) is 0 Å². The standard InChI is InChI=1S/C12H20N2O3/c1-12(11(16)17,9-4-5-9)14-10(15)8-3-2-6-13-7-8/h8-9,13H,2-7H2,1H3,(H,14,15)(H,16,17). The number of carboxylic acids is 1. The third kappa shape index (κ3) is 2.60. The first-order valence-corrected chi connectivity index (χ1v) is 6.30. The summed E-state index contributed by atoms with van der Waals surface area (Å²) in [6.07, 6.45) is 3.61. The maximum atomic E-state index is 12.0. The Morgan fingerprint density at radius 3 is 2.53 bits per heavy atom. The Hall–Kier alpha value is -1.10. The summed E-state index contributed by atoms with van der Waals surface area (Å²) in [4.78, 5) is 23.3. The predicted molar refractivity (Wildman–Crippen MR) is 62.5 cm³/mol. The van der Waals surface area contributed by atoms with Gasteiger partial charge in [-0.15, -0.1) is 0 Å². The normalized spacial score (nSPS) is 28.2. The average Bonchev–Trinajstić information content (AvgIpc) is 3.13. The molecule has 1 heterocycles. The summed E-state index contributed by atoms with van der Waals surface area (Å²) in [6.45, 7) is 3.23. The van der Waals surface area contributed by atoms with Gasteiger partial charge in [-0.1, -0.05) is 0 Å². The fourth-order valence-electron chi connectivity index (χ4n) is 2.42. The van der Waals surface area contributed by atoms with E-state index in [-0.39, 0.29) is 17.7 Å². The molecular weight excluding hydrogens is 220 g/mol. The summed E-state index contributed by atoms with van der Waals surface area (Å²) in [5.41, 5.74) is -1.07. The minimum atomic E-state index is -1.07. The molecule has 96 valence electrons. The average molecular weight is 240 g/mol. The van der Waals surface area contributed by atoms with Crippen molar-refractivity contribution in [3.05, 3.63) is 0 Å². The van der Waals surface area contributed by atoms with Crippen LogP contribution in [-0.4, -0.2) is 35.6 Å². The van der Waals surface area contributed by atoms with Crippen molar-refractivity contribution in [1.29, 1.82) is 0 Å². The summed E-state index contributed by atoms with van der Waals surface area (Å²) < 4.78 is 0. The first-order chi connectivity index (χ1) is 8.04. The molecule has 0 aromatic rings. The topological polar surface area (TPSA) is 78.4 Å². The van der Waals surface area contributed by atoms with Crippen molar-refractivity contribution in [3.63, 3.8) is 0 Å². The minimum absolute atomic E-state index is 0.0822. The number of aliphatic carboxylic acids is 1. The first kappa shape index (κ1) is 12.4. The van der Waals surface area contributed by atoms with Gasteiger partial charge < -0.3 is 15.7 Å². The van der Waals surface area contributed by atoms with E-state index in [0.29, 0.717) is 6.54 Å². The SMILES string of the molecule is CC(NC(=O)C1CCCNC1)(C(=O)O)C1CC1. The van der Waals surface area contributed by atoms with Crippen LogP contribution in [0.4, 0.5) is 0 Å². The van der Waals surface area contributed by atoms with Crippen LogP contribution in [0.1, 0.15) is 32.6 Å². The van der Waals surface area contributed by atoms with E-state index >= 15 is 0 Å². The van der Waals surface area contributed by atoms with Crippen molar-refractivity contribution >= 4 is 11.9 Å². The smallest absolute Gasteiger partial charge is 0.329 e. The molecule has 0 bridgehead atoms. The van der Waals surface area contributed by atoms with Crippen LogP contribution in [0.25, 0.3) is 0 Å². The molecule has 0 radical (unpaired) electrons. The van der Waals surface area contributed by atoms with Gasteiger partial charge in [-0.3, -0.25) is 4.79 Å². The molecule has 2 rings (SSSR count). The van der Waals surface area contributed by atoms with Crippen LogP contribution in [0.5, 0.6) is 0 Å². The van der Waals surface area contributed by atoms with Crippen LogP contribution in [0.2, 0.25) is 0 Å². The summed E-state index contributed by atoms with van der Waals surface area (Å²) in [7, 11) is 0. The largest absolute Gasteiger partial charge is 0.480 e. The lowest BCUT2D eigenvalue weighted by atomic mass is 9.92. The van der Waals surface area contributed by atoms with Crippen LogP contribution in [-0.2, 0) is 9.59 Å². The molecule has 3 N–H and O–H groups in total. The van der Waals surface area contributed by atoms with Crippen molar-refractivity contribution in [3.8, 4) is 0 Å². The molecule has 2 fully saturated rings. The molecule has 5 heteroatoms. The van der Waals surface area contributed by atoms with Gasteiger partial charge in [0.05, 0.1) is 5.92 Å². The molecule has 2 atom stereocenters. The molecule has 1 aliphatic carbocycles. The second-order valence-electron chi connectivity index (χ2n) is 5.31. The quantitative estimate of drug-likeness (QED) is 0.663. The molecule has 0 spiro atoms. The zero-order valence-electron chi connectivity index (χ0n) is 10.2. The van der Waals surface area contributed by atoms with Gasteiger partial charge in [-0.05, 0) is 45.1 Å². The number of hydrogen-bond acceptors (Lipinski definition) is 3. The number of carboxylic acid groups (broad SMARTS) is 1. The Balaban J connectivity index is 1.97. The molecule has 5 nitrogen and oxygen atoms in total. The van der Waals surface area contributed by atoms with Crippen molar-refractivity contribution in [1.82, 2.24) is 10.6 Å². The van der Waals surface area contributed by atoms with E-state index in [2.05, 4.69) is 10.6 Å². The molecule has 1 amide bonds. The molecular formula is C12H20N2O3. The minimum Gasteiger partial charge on any atom is -0.480 e. The lowest BCUT2D eigenvalue weighted by Crippen LogP contribution is -2.56. The second-order valence-corrected chi connectivity index (χ2v) is 5.31. The molecule has 1 saturated carbocycles. The van der Waals surface area contributed by atoms with Gasteiger partial charge in [0.25, 0.3) is 0 Å². The molecule has 17 heavy (non-hydrogen) atoms. The third-order valence-electron chi connectivity index (χ3n) is 3.89. The maximum Gasteiger partial charge on any atom is 0.329 e. The number of rotatable bonds is 4. The number of carbonyl (C=O) groups is 2. The highest BCUT2D eigenvalue weighted by molar-refractivity contribution is 5.88. The predicted octanol–water partition coefficient (Wildman–Crippen LogP) is 0.356. The van der Waals surface area contributed by atoms with Crippen molar-refractivity contribution in [2.45, 2.75) is 38.1 Å². The fourth-order valence-corrected chi connectivity index (χ4v) is 2.42. The van der Waals surface area contributed by atoms with E-state index in [1.165, 1.54) is 0 Å². The summed E-state index contributed by atoms with van der Waals surface area (Å²) in [5.74, 6) is -1.02.